The molecule has 8 fully saturated rings. The van der Waals surface area contributed by atoms with Gasteiger partial charge in [-0.2, -0.15) is 0 Å². The lowest BCUT2D eigenvalue weighted by Crippen LogP contribution is -2.24. The molecule has 0 spiro atoms. The van der Waals surface area contributed by atoms with Gasteiger partial charge < -0.3 is 52.1 Å². The normalized spacial score (nSPS) is 31.0. The second kappa shape index (κ2) is 32.7. The predicted octanol–water partition coefficient (Wildman–Crippen LogP) is 8.67. The Kier molecular flexibility index (Phi) is 29.1. The summed E-state index contributed by atoms with van der Waals surface area (Å²) in [4.78, 5) is 11.6. The number of unbranched alkanes of at least 4 members (excludes halogenated alkanes) is 4. The third-order valence-electron chi connectivity index (χ3n) is 11.3. The van der Waals surface area contributed by atoms with Crippen LogP contribution in [-0.4, -0.2) is 140 Å². The first-order valence-electron chi connectivity index (χ1n) is 24.1. The Morgan fingerprint density at radius 1 is 0.559 bits per heavy atom. The van der Waals surface area contributed by atoms with Crippen molar-refractivity contribution in [3.63, 3.8) is 0 Å². The van der Waals surface area contributed by atoms with Gasteiger partial charge in [0.2, 0.25) is 0 Å². The Bertz CT molecular complexity index is 1000. The van der Waals surface area contributed by atoms with Crippen LogP contribution in [0.15, 0.2) is 0 Å². The van der Waals surface area contributed by atoms with E-state index in [0.29, 0.717) is 61.5 Å². The van der Waals surface area contributed by atoms with E-state index in [4.69, 9.17) is 52.1 Å². The smallest absolute Gasteiger partial charge is 0.309 e. The minimum Gasteiger partial charge on any atom is -0.465 e. The maximum absolute atomic E-state index is 11.6. The molecule has 12 heteroatoms. The minimum absolute atomic E-state index is 0.00704. The molecule has 0 radical (unpaired) electrons. The first-order valence-corrected chi connectivity index (χ1v) is 24.1. The summed E-state index contributed by atoms with van der Waals surface area (Å²) in [5.74, 6) is 1.09. The number of rotatable bonds is 24. The largest absolute Gasteiger partial charge is 0.465 e. The Labute approximate surface area is 359 Å². The number of esters is 1. The van der Waals surface area contributed by atoms with Crippen LogP contribution in [0.1, 0.15) is 151 Å². The third-order valence-corrected chi connectivity index (χ3v) is 11.3. The van der Waals surface area contributed by atoms with Crippen molar-refractivity contribution in [2.24, 2.45) is 11.8 Å². The van der Waals surface area contributed by atoms with Crippen LogP contribution in [0, 0.1) is 11.8 Å². The van der Waals surface area contributed by atoms with Gasteiger partial charge in [-0.15, -0.1) is 0 Å². The fourth-order valence-electron chi connectivity index (χ4n) is 6.64. The van der Waals surface area contributed by atoms with E-state index in [1.54, 1.807) is 0 Å². The highest BCUT2D eigenvalue weighted by Gasteiger charge is 2.46. The van der Waals surface area contributed by atoms with E-state index in [2.05, 4.69) is 41.5 Å². The monoisotopic (exact) mass is 845 g/mol. The van der Waals surface area contributed by atoms with Crippen molar-refractivity contribution in [1.82, 2.24) is 0 Å². The van der Waals surface area contributed by atoms with Crippen LogP contribution in [0.4, 0.5) is 0 Å². The van der Waals surface area contributed by atoms with Gasteiger partial charge in [0, 0.05) is 19.8 Å². The van der Waals surface area contributed by atoms with E-state index >= 15 is 0 Å². The maximum atomic E-state index is 11.6. The molecule has 348 valence electrons. The van der Waals surface area contributed by atoms with Crippen LogP contribution in [0.5, 0.6) is 0 Å². The molecule has 8 rings (SSSR count). The lowest BCUT2D eigenvalue weighted by Gasteiger charge is -2.17. The Hall–Kier alpha value is -0.930. The Morgan fingerprint density at radius 3 is 1.56 bits per heavy atom. The highest BCUT2D eigenvalue weighted by molar-refractivity contribution is 5.72. The summed E-state index contributed by atoms with van der Waals surface area (Å²) in [5.41, 5.74) is 0. The second-order valence-electron chi connectivity index (χ2n) is 17.2. The van der Waals surface area contributed by atoms with Crippen LogP contribution >= 0.6 is 0 Å². The molecule has 6 aliphatic heterocycles. The number of hydrogen-bond acceptors (Lipinski definition) is 12. The zero-order valence-corrected chi connectivity index (χ0v) is 38.5. The first-order chi connectivity index (χ1) is 28.8. The summed E-state index contributed by atoms with van der Waals surface area (Å²) in [7, 11) is 0. The summed E-state index contributed by atoms with van der Waals surface area (Å²) in [6, 6.07) is 0. The van der Waals surface area contributed by atoms with E-state index in [-0.39, 0.29) is 11.9 Å². The van der Waals surface area contributed by atoms with Crippen molar-refractivity contribution in [1.29, 1.82) is 0 Å². The molecule has 2 aliphatic carbocycles. The van der Waals surface area contributed by atoms with E-state index in [1.807, 2.05) is 6.92 Å². The molecule has 0 amide bonds. The fraction of sp³-hybridized carbons (Fsp3) is 0.979. The van der Waals surface area contributed by atoms with Gasteiger partial charge in [-0.05, 0) is 84.0 Å². The summed E-state index contributed by atoms with van der Waals surface area (Å²) in [6.45, 7) is 24.9. The van der Waals surface area contributed by atoms with Crippen molar-refractivity contribution in [3.05, 3.63) is 0 Å². The van der Waals surface area contributed by atoms with Crippen LogP contribution in [-0.2, 0) is 56.9 Å². The van der Waals surface area contributed by atoms with Crippen molar-refractivity contribution < 1.29 is 56.9 Å². The SMILES string of the molecule is CCC(C)OCC1CO1.CCCC1CCC2OC2C1.CCCCCOCC1CO1.CCCCOC(=O)C1CCC2OC2C1.CCCCOCC1CO1.CCOCC1CO1. The molecule has 0 N–H and O–H groups in total. The maximum Gasteiger partial charge on any atom is 0.309 e. The topological polar surface area (TPSA) is 138 Å². The van der Waals surface area contributed by atoms with Gasteiger partial charge in [-0.3, -0.25) is 4.79 Å². The minimum atomic E-state index is -0.00704. The Balaban J connectivity index is 0.000000192. The van der Waals surface area contributed by atoms with Gasteiger partial charge in [-0.1, -0.05) is 73.1 Å². The molecule has 0 aromatic rings. The number of hydrogen-bond donors (Lipinski definition) is 0. The molecule has 59 heavy (non-hydrogen) atoms. The van der Waals surface area contributed by atoms with Gasteiger partial charge in [0.1, 0.15) is 24.4 Å². The molecule has 12 nitrogen and oxygen atoms in total. The molecule has 6 saturated heterocycles. The standard InChI is InChI=1S/C11H18O3.C9H16O.C8H16O2.2C7H14O2.C5H10O2/c1-2-3-6-13-11(12)8-4-5-9-10(7-8)14-9;1-2-3-7-4-5-8-9(6-7)10-8;1-2-3-4-5-9-6-8-7-10-8;1-3-6(2)8-4-7-5-9-7;1-2-3-4-8-5-7-6-9-7;1-2-6-3-5-4-7-5/h8-10H,2-7H2,1H3;7-9H,2-6H2,1H3;8H,2-7H2,1H3;6-7H,3-5H2,1-2H3;7H,2-6H2,1H3;5H,2-4H2,1H3. The Morgan fingerprint density at radius 2 is 1.07 bits per heavy atom. The highest BCUT2D eigenvalue weighted by atomic mass is 16.6. The second-order valence-corrected chi connectivity index (χ2v) is 17.2. The number of carbonyl (C=O) groups is 1. The first kappa shape index (κ1) is 52.4. The van der Waals surface area contributed by atoms with Gasteiger partial charge >= 0.3 is 5.97 Å². The van der Waals surface area contributed by atoms with Gasteiger partial charge in [0.25, 0.3) is 0 Å². The van der Waals surface area contributed by atoms with E-state index < -0.39 is 0 Å². The molecule has 11 atom stereocenters. The fourth-order valence-corrected chi connectivity index (χ4v) is 6.64. The van der Waals surface area contributed by atoms with E-state index in [1.165, 1.54) is 64.2 Å². The number of carbonyl (C=O) groups excluding carboxylic acids is 1. The van der Waals surface area contributed by atoms with E-state index in [0.717, 1.165) is 117 Å². The molecular weight excluding hydrogens is 757 g/mol. The van der Waals surface area contributed by atoms with Crippen LogP contribution in [0.3, 0.4) is 0 Å². The molecular formula is C47H88O12. The average Bonchev–Trinajstić information content (AvgIpc) is 4.01. The van der Waals surface area contributed by atoms with Crippen LogP contribution < -0.4 is 0 Å². The van der Waals surface area contributed by atoms with Crippen molar-refractivity contribution in [3.8, 4) is 0 Å². The van der Waals surface area contributed by atoms with Gasteiger partial charge in [0.15, 0.2) is 0 Å². The van der Waals surface area contributed by atoms with E-state index in [9.17, 15) is 4.79 Å². The van der Waals surface area contributed by atoms with Crippen LogP contribution in [0.2, 0.25) is 0 Å². The highest BCUT2D eigenvalue weighted by Crippen LogP contribution is 2.41. The molecule has 11 unspecified atom stereocenters. The third kappa shape index (κ3) is 29.1. The molecule has 0 bridgehead atoms. The lowest BCUT2D eigenvalue weighted by molar-refractivity contribution is -0.149. The predicted molar refractivity (Wildman–Crippen MR) is 230 cm³/mol. The molecule has 6 heterocycles. The molecule has 8 aliphatic rings. The number of fused-ring (bicyclic) bond motifs is 2. The summed E-state index contributed by atoms with van der Waals surface area (Å²) in [6.07, 6.45) is 23.4. The number of ether oxygens (including phenoxy) is 11. The van der Waals surface area contributed by atoms with Gasteiger partial charge in [0.05, 0.1) is 95.9 Å². The summed E-state index contributed by atoms with van der Waals surface area (Å²) >= 11 is 0. The lowest BCUT2D eigenvalue weighted by atomic mass is 9.86. The van der Waals surface area contributed by atoms with Crippen LogP contribution in [0.25, 0.3) is 0 Å². The average molecular weight is 845 g/mol. The zero-order chi connectivity index (χ0) is 42.5. The molecule has 0 aromatic heterocycles. The molecule has 2 saturated carbocycles. The van der Waals surface area contributed by atoms with Crippen molar-refractivity contribution >= 4 is 5.97 Å². The quantitative estimate of drug-likeness (QED) is 0.0522. The van der Waals surface area contributed by atoms with Gasteiger partial charge in [-0.25, -0.2) is 0 Å². The zero-order valence-electron chi connectivity index (χ0n) is 38.5. The molecule has 0 aromatic carbocycles. The summed E-state index contributed by atoms with van der Waals surface area (Å²) in [5, 5.41) is 0. The summed E-state index contributed by atoms with van der Waals surface area (Å²) < 4.78 is 56.9. The van der Waals surface area contributed by atoms with Crippen molar-refractivity contribution in [2.75, 3.05) is 79.3 Å². The van der Waals surface area contributed by atoms with Crippen molar-refractivity contribution in [2.45, 2.75) is 206 Å². The number of epoxide rings is 6.